The average Bonchev–Trinajstić information content (AvgIpc) is 2.33. The average molecular weight is 325 g/mol. The number of hydrogen-bond donors (Lipinski definition) is 1. The minimum absolute atomic E-state index is 0.233. The Labute approximate surface area is 121 Å². The third-order valence-corrected chi connectivity index (χ3v) is 3.84. The first-order valence-electron chi connectivity index (χ1n) is 6.49. The Morgan fingerprint density at radius 2 is 2.05 bits per heavy atom. The number of pyridine rings is 1. The molecule has 2 aromatic rings. The molecule has 0 amide bonds. The molecule has 1 N–H and O–H groups in total. The van der Waals surface area contributed by atoms with Crippen molar-refractivity contribution in [3.05, 3.63) is 33.7 Å². The zero-order valence-electron chi connectivity index (χ0n) is 11.6. The van der Waals surface area contributed by atoms with Crippen molar-refractivity contribution in [1.29, 1.82) is 0 Å². The maximum absolute atomic E-state index is 14.2. The van der Waals surface area contributed by atoms with Gasteiger partial charge in [-0.3, -0.25) is 4.98 Å². The van der Waals surface area contributed by atoms with Crippen LogP contribution in [0, 0.1) is 12.7 Å². The summed E-state index contributed by atoms with van der Waals surface area (Å²) < 4.78 is 15.0. The number of hydrogen-bond acceptors (Lipinski definition) is 2. The maximum atomic E-state index is 14.2. The summed E-state index contributed by atoms with van der Waals surface area (Å²) >= 11 is 3.46. The van der Waals surface area contributed by atoms with Crippen LogP contribution in [0.3, 0.4) is 0 Å². The van der Waals surface area contributed by atoms with Gasteiger partial charge in [0, 0.05) is 16.7 Å². The molecule has 2 nitrogen and oxygen atoms in total. The van der Waals surface area contributed by atoms with Crippen LogP contribution in [-0.4, -0.2) is 11.5 Å². The Bertz CT molecular complexity index is 623. The molecule has 0 radical (unpaired) electrons. The molecule has 2 rings (SSSR count). The van der Waals surface area contributed by atoms with Crippen molar-refractivity contribution in [3.63, 3.8) is 0 Å². The molecular formula is C15H18BrFN2. The molecule has 0 spiro atoms. The van der Waals surface area contributed by atoms with Crippen molar-refractivity contribution >= 4 is 32.5 Å². The second kappa shape index (κ2) is 5.45. The Kier molecular flexibility index (Phi) is 4.09. The zero-order valence-corrected chi connectivity index (χ0v) is 13.2. The van der Waals surface area contributed by atoms with E-state index in [0.29, 0.717) is 16.8 Å². The summed E-state index contributed by atoms with van der Waals surface area (Å²) in [5.41, 5.74) is 3.59. The number of aromatic nitrogens is 1. The monoisotopic (exact) mass is 324 g/mol. The van der Waals surface area contributed by atoms with Crippen molar-refractivity contribution in [1.82, 2.24) is 4.98 Å². The first-order chi connectivity index (χ1) is 8.97. The highest BCUT2D eigenvalue weighted by Gasteiger charge is 2.18. The van der Waals surface area contributed by atoms with Crippen molar-refractivity contribution in [2.24, 2.45) is 0 Å². The second-order valence-corrected chi connectivity index (χ2v) is 5.78. The molecule has 0 saturated heterocycles. The Morgan fingerprint density at radius 3 is 2.63 bits per heavy atom. The predicted octanol–water partition coefficient (Wildman–Crippen LogP) is 5.00. The fourth-order valence-electron chi connectivity index (χ4n) is 2.50. The molecule has 0 fully saturated rings. The van der Waals surface area contributed by atoms with Crippen molar-refractivity contribution < 1.29 is 4.39 Å². The number of fused-ring (bicyclic) bond motifs is 1. The number of anilines is 1. The highest BCUT2D eigenvalue weighted by molar-refractivity contribution is 9.10. The lowest BCUT2D eigenvalue weighted by Gasteiger charge is -2.19. The molecule has 0 saturated carbocycles. The summed E-state index contributed by atoms with van der Waals surface area (Å²) in [5.74, 6) is 0.0629. The van der Waals surface area contributed by atoms with Gasteiger partial charge in [-0.05, 0) is 53.4 Å². The Hall–Kier alpha value is -1.16. The van der Waals surface area contributed by atoms with Gasteiger partial charge in [0.05, 0.1) is 16.6 Å². The number of aryl methyl sites for hydroxylation is 1. The molecule has 0 unspecified atom stereocenters. The maximum Gasteiger partial charge on any atom is 0.134 e. The van der Waals surface area contributed by atoms with E-state index in [1.54, 1.807) is 6.07 Å². The molecule has 0 aliphatic heterocycles. The van der Waals surface area contributed by atoms with Gasteiger partial charge in [-0.1, -0.05) is 13.8 Å². The van der Waals surface area contributed by atoms with Crippen molar-refractivity contribution in [2.45, 2.75) is 33.6 Å². The minimum Gasteiger partial charge on any atom is -0.384 e. The standard InChI is InChI=1S/C15H18BrFN2/c1-5-18-15-12(8(2)3)9(4)19-14-10(16)6-7-11(17)13(14)15/h6-8H,5H2,1-4H3,(H,18,19). The van der Waals surface area contributed by atoms with Gasteiger partial charge in [-0.15, -0.1) is 0 Å². The molecule has 102 valence electrons. The SMILES string of the molecule is CCNc1c(C(C)C)c(C)nc2c(Br)ccc(F)c12. The predicted molar refractivity (Wildman–Crippen MR) is 82.4 cm³/mol. The molecule has 4 heteroatoms. The molecular weight excluding hydrogens is 307 g/mol. The first kappa shape index (κ1) is 14.3. The highest BCUT2D eigenvalue weighted by atomic mass is 79.9. The van der Waals surface area contributed by atoms with Gasteiger partial charge >= 0.3 is 0 Å². The van der Waals surface area contributed by atoms with E-state index < -0.39 is 0 Å². The summed E-state index contributed by atoms with van der Waals surface area (Å²) in [4.78, 5) is 4.57. The van der Waals surface area contributed by atoms with Crippen LogP contribution in [0.15, 0.2) is 16.6 Å². The molecule has 1 aromatic heterocycles. The molecule has 0 aliphatic carbocycles. The van der Waals surface area contributed by atoms with E-state index in [1.807, 2.05) is 13.8 Å². The fraction of sp³-hybridized carbons (Fsp3) is 0.400. The molecule has 0 aliphatic rings. The number of rotatable bonds is 3. The smallest absolute Gasteiger partial charge is 0.134 e. The van der Waals surface area contributed by atoms with Crippen LogP contribution < -0.4 is 5.32 Å². The third kappa shape index (κ3) is 2.46. The zero-order chi connectivity index (χ0) is 14.2. The minimum atomic E-state index is -0.233. The summed E-state index contributed by atoms with van der Waals surface area (Å²) in [5, 5.41) is 3.88. The summed E-state index contributed by atoms with van der Waals surface area (Å²) in [7, 11) is 0. The van der Waals surface area contributed by atoms with Gasteiger partial charge in [-0.25, -0.2) is 4.39 Å². The van der Waals surface area contributed by atoms with E-state index in [-0.39, 0.29) is 5.82 Å². The normalized spacial score (nSPS) is 11.3. The molecule has 0 bridgehead atoms. The van der Waals surface area contributed by atoms with Gasteiger partial charge in [0.15, 0.2) is 0 Å². The largest absolute Gasteiger partial charge is 0.384 e. The molecule has 1 heterocycles. The lowest BCUT2D eigenvalue weighted by atomic mass is 9.96. The van der Waals surface area contributed by atoms with E-state index in [4.69, 9.17) is 0 Å². The van der Waals surface area contributed by atoms with Crippen LogP contribution in [0.25, 0.3) is 10.9 Å². The topological polar surface area (TPSA) is 24.9 Å². The van der Waals surface area contributed by atoms with Gasteiger partial charge in [0.2, 0.25) is 0 Å². The Morgan fingerprint density at radius 1 is 1.37 bits per heavy atom. The van der Waals surface area contributed by atoms with Crippen LogP contribution in [0.4, 0.5) is 10.1 Å². The second-order valence-electron chi connectivity index (χ2n) is 4.92. The fourth-order valence-corrected chi connectivity index (χ4v) is 2.92. The van der Waals surface area contributed by atoms with E-state index in [1.165, 1.54) is 6.07 Å². The highest BCUT2D eigenvalue weighted by Crippen LogP contribution is 2.37. The molecule has 19 heavy (non-hydrogen) atoms. The lowest BCUT2D eigenvalue weighted by molar-refractivity contribution is 0.639. The van der Waals surface area contributed by atoms with E-state index in [9.17, 15) is 4.39 Å². The van der Waals surface area contributed by atoms with Crippen LogP contribution >= 0.6 is 15.9 Å². The van der Waals surface area contributed by atoms with Crippen molar-refractivity contribution in [3.8, 4) is 0 Å². The number of benzene rings is 1. The quantitative estimate of drug-likeness (QED) is 0.859. The van der Waals surface area contributed by atoms with Crippen LogP contribution in [0.2, 0.25) is 0 Å². The van der Waals surface area contributed by atoms with E-state index >= 15 is 0 Å². The van der Waals surface area contributed by atoms with Gasteiger partial charge in [-0.2, -0.15) is 0 Å². The molecule has 1 aromatic carbocycles. The number of nitrogens with one attached hydrogen (secondary N) is 1. The van der Waals surface area contributed by atoms with E-state index in [2.05, 4.69) is 40.1 Å². The number of nitrogens with zero attached hydrogens (tertiary/aromatic N) is 1. The van der Waals surface area contributed by atoms with E-state index in [0.717, 1.165) is 28.0 Å². The van der Waals surface area contributed by atoms with Gasteiger partial charge in [0.1, 0.15) is 5.82 Å². The third-order valence-electron chi connectivity index (χ3n) is 3.20. The van der Waals surface area contributed by atoms with Crippen LogP contribution in [0.1, 0.15) is 37.9 Å². The van der Waals surface area contributed by atoms with Crippen molar-refractivity contribution in [2.75, 3.05) is 11.9 Å². The number of halogens is 2. The Balaban J connectivity index is 2.94. The van der Waals surface area contributed by atoms with Crippen LogP contribution in [-0.2, 0) is 0 Å². The first-order valence-corrected chi connectivity index (χ1v) is 7.28. The summed E-state index contributed by atoms with van der Waals surface area (Å²) in [6.45, 7) is 8.96. The van der Waals surface area contributed by atoms with Gasteiger partial charge in [0.25, 0.3) is 0 Å². The summed E-state index contributed by atoms with van der Waals surface area (Å²) in [6.07, 6.45) is 0. The lowest BCUT2D eigenvalue weighted by Crippen LogP contribution is -2.08. The van der Waals surface area contributed by atoms with Gasteiger partial charge < -0.3 is 5.32 Å². The van der Waals surface area contributed by atoms with Crippen LogP contribution in [0.5, 0.6) is 0 Å². The summed E-state index contributed by atoms with van der Waals surface area (Å²) in [6, 6.07) is 3.18. The molecule has 0 atom stereocenters.